The molecule has 0 radical (unpaired) electrons. The first-order valence-corrected chi connectivity index (χ1v) is 43.0. The van der Waals surface area contributed by atoms with Gasteiger partial charge >= 0.3 is 0 Å². The molecule has 0 bridgehead atoms. The van der Waals surface area contributed by atoms with Gasteiger partial charge in [0.05, 0.1) is 88.7 Å². The van der Waals surface area contributed by atoms with E-state index in [0.717, 1.165) is 60.0 Å². The fourth-order valence-electron chi connectivity index (χ4n) is 11.5. The zero-order valence-corrected chi connectivity index (χ0v) is 69.5. The molecule has 8 heterocycles. The Kier molecular flexibility index (Phi) is 27.0. The van der Waals surface area contributed by atoms with Gasteiger partial charge in [0.15, 0.2) is 32.4 Å². The molecule has 25 nitrogen and oxygen atoms in total. The highest BCUT2D eigenvalue weighted by molar-refractivity contribution is 7.93. The third-order valence-electron chi connectivity index (χ3n) is 17.1. The lowest BCUT2D eigenvalue weighted by Crippen LogP contribution is -2.21. The van der Waals surface area contributed by atoms with Crippen LogP contribution >= 0.6 is 57.2 Å². The number of hydrogen-bond donors (Lipinski definition) is 6. The molecule has 0 amide bonds. The number of hydrogen-bond acceptors (Lipinski definition) is 25. The van der Waals surface area contributed by atoms with E-state index in [1.54, 1.807) is 76.9 Å². The molecule has 614 valence electrons. The second-order valence-corrected chi connectivity index (χ2v) is 33.8. The minimum absolute atomic E-state index is 0.0107. The van der Waals surface area contributed by atoms with Crippen LogP contribution in [0.1, 0.15) is 43.5 Å². The normalized spacial score (nSPS) is 11.5. The van der Waals surface area contributed by atoms with Gasteiger partial charge in [-0.2, -0.15) is 0 Å². The number of aromatic nitrogens is 12. The van der Waals surface area contributed by atoms with Crippen molar-refractivity contribution < 1.29 is 65.5 Å². The lowest BCUT2D eigenvalue weighted by Gasteiger charge is -2.16. The molecule has 0 saturated heterocycles. The van der Waals surface area contributed by atoms with Crippen molar-refractivity contribution in [2.45, 2.75) is 62.6 Å². The highest BCUT2D eigenvalue weighted by Gasteiger charge is 2.33. The summed E-state index contributed by atoms with van der Waals surface area (Å²) in [6.07, 6.45) is 10.8. The second kappa shape index (κ2) is 37.1. The average Bonchev–Trinajstić information content (AvgIpc) is 1.06. The van der Waals surface area contributed by atoms with Crippen LogP contribution in [0.4, 0.5) is 69.2 Å². The zero-order chi connectivity index (χ0) is 85.4. The maximum Gasteiger partial charge on any atom is 0.267 e. The number of pyridine rings is 1. The van der Waals surface area contributed by atoms with Gasteiger partial charge in [-0.15, -0.1) is 22.7 Å². The molecule has 0 unspecified atom stereocenters. The Morgan fingerprint density at radius 2 is 0.958 bits per heavy atom. The van der Waals surface area contributed by atoms with Crippen molar-refractivity contribution in [1.82, 2.24) is 59.8 Å². The van der Waals surface area contributed by atoms with E-state index in [4.69, 9.17) is 33.3 Å². The molecule has 14 rings (SSSR count). The van der Waals surface area contributed by atoms with E-state index < -0.39 is 97.8 Å². The predicted molar refractivity (Wildman–Crippen MR) is 444 cm³/mol. The van der Waals surface area contributed by atoms with E-state index in [9.17, 15) is 47.2 Å². The minimum atomic E-state index is -4.86. The van der Waals surface area contributed by atoms with Crippen molar-refractivity contribution in [3.05, 3.63) is 244 Å². The summed E-state index contributed by atoms with van der Waals surface area (Å²) < 4.78 is 203. The van der Waals surface area contributed by atoms with Crippen molar-refractivity contribution in [1.29, 1.82) is 0 Å². The van der Waals surface area contributed by atoms with Gasteiger partial charge < -0.3 is 20.6 Å². The number of nitrogens with zero attached hydrogens (tertiary/aromatic N) is 13. The zero-order valence-electron chi connectivity index (χ0n) is 63.1. The van der Waals surface area contributed by atoms with Crippen LogP contribution in [0.2, 0.25) is 10.0 Å². The Labute approximate surface area is 698 Å². The molecule has 119 heavy (non-hydrogen) atoms. The molecule has 0 aliphatic rings. The van der Waals surface area contributed by atoms with Gasteiger partial charge in [-0.1, -0.05) is 71.8 Å². The standard InChI is InChI=1S/C27H22Cl2FN7O3S2.C27H19F4N5O2S2.C24H23F3N6O2S2/c1-14-6-7-18(28)25(21(14)29)42(39,40)37-19-5-3-4-17(22(19)30)23-24(20-8-9-31-27(35-20)32-10-11-38)41-26(36-23)16-12-33-15(2)34-13-16;1-3-22-33-8-7-20(34-22)25-24(35-27(39-25)15-11-16(28)13-32-12-15)17-9-14(2)10-21(23(17)31)36-40(37,38)26-18(29)5-4-6-19(26)30;1-4-33(5-2)24-31-20(21(36-24)18-12-13-29-23(28-3)30-18)14-8-6-11-17(19(14)27)32-37(34,35)22-15(25)9-7-10-16(22)26/h3-9,12-13,37-38H,10-11H2,1-2H3,(H,31,32,35);4-13,36H,3H2,1-2H3;6-13,32H,4-5H2,1-3H3,(H,28,29,30). The molecular weight excluding hydrogens is 1720 g/mol. The first-order chi connectivity index (χ1) is 56.8. The van der Waals surface area contributed by atoms with Gasteiger partial charge in [-0.05, 0) is 137 Å². The van der Waals surface area contributed by atoms with Gasteiger partial charge in [0, 0.05) is 98.1 Å². The largest absolute Gasteiger partial charge is 0.395 e. The fraction of sp³-hybridized carbons (Fsp3) is 0.154. The summed E-state index contributed by atoms with van der Waals surface area (Å²) in [5.74, 6) is -6.98. The number of rotatable bonds is 25. The second-order valence-electron chi connectivity index (χ2n) is 25.2. The Bertz CT molecular complexity index is 6480. The monoisotopic (exact) mass is 1780 g/mol. The first-order valence-electron chi connectivity index (χ1n) is 35.3. The van der Waals surface area contributed by atoms with Crippen LogP contribution in [0.25, 0.3) is 86.6 Å². The highest BCUT2D eigenvalue weighted by atomic mass is 35.5. The van der Waals surface area contributed by atoms with Crippen LogP contribution in [0, 0.1) is 67.3 Å². The van der Waals surface area contributed by atoms with Gasteiger partial charge in [0.2, 0.25) is 11.9 Å². The van der Waals surface area contributed by atoms with Crippen LogP contribution < -0.4 is 29.7 Å². The summed E-state index contributed by atoms with van der Waals surface area (Å²) >= 11 is 16.1. The summed E-state index contributed by atoms with van der Waals surface area (Å²) in [5, 5.41) is 16.2. The summed E-state index contributed by atoms with van der Waals surface area (Å²) in [5.41, 5.74) is 2.31. The fourth-order valence-corrected chi connectivity index (χ4v) is 19.4. The van der Waals surface area contributed by atoms with E-state index in [0.29, 0.717) is 106 Å². The number of aliphatic hydroxyl groups is 1. The first kappa shape index (κ1) is 86.6. The summed E-state index contributed by atoms with van der Waals surface area (Å²) in [7, 11) is -12.3. The molecular formula is C78H64Cl2F8N18O7S6. The Hall–Kier alpha value is -11.7. The Morgan fingerprint density at radius 3 is 1.50 bits per heavy atom. The number of thiazole rings is 3. The van der Waals surface area contributed by atoms with E-state index in [2.05, 4.69) is 70.2 Å². The van der Waals surface area contributed by atoms with E-state index in [-0.39, 0.29) is 73.5 Å². The van der Waals surface area contributed by atoms with Crippen LogP contribution in [-0.4, -0.2) is 123 Å². The molecule has 8 aromatic heterocycles. The molecule has 6 aromatic carbocycles. The van der Waals surface area contributed by atoms with E-state index in [1.807, 2.05) is 35.1 Å². The third kappa shape index (κ3) is 19.4. The van der Waals surface area contributed by atoms with Crippen LogP contribution in [0.5, 0.6) is 0 Å². The summed E-state index contributed by atoms with van der Waals surface area (Å²) in [6.45, 7) is 12.2. The molecule has 14 aromatic rings. The van der Waals surface area contributed by atoms with E-state index in [1.165, 1.54) is 89.7 Å². The number of sulfonamides is 3. The smallest absolute Gasteiger partial charge is 0.267 e. The Balaban J connectivity index is 0.000000164. The van der Waals surface area contributed by atoms with Crippen LogP contribution in [0.3, 0.4) is 0 Å². The maximum atomic E-state index is 16.2. The lowest BCUT2D eigenvalue weighted by molar-refractivity contribution is 0.311. The van der Waals surface area contributed by atoms with Gasteiger partial charge in [0.25, 0.3) is 30.1 Å². The predicted octanol–water partition coefficient (Wildman–Crippen LogP) is 17.9. The lowest BCUT2D eigenvalue weighted by atomic mass is 10.0. The van der Waals surface area contributed by atoms with Gasteiger partial charge in [-0.3, -0.25) is 19.2 Å². The minimum Gasteiger partial charge on any atom is -0.395 e. The number of benzene rings is 6. The maximum absolute atomic E-state index is 16.2. The molecule has 0 aliphatic heterocycles. The highest BCUT2D eigenvalue weighted by Crippen LogP contribution is 2.47. The number of aryl methyl sites for hydroxylation is 4. The van der Waals surface area contributed by atoms with Crippen molar-refractivity contribution in [2.24, 2.45) is 0 Å². The van der Waals surface area contributed by atoms with Crippen molar-refractivity contribution >= 4 is 121 Å². The number of halogens is 10. The molecule has 0 spiro atoms. The SMILES string of the molecule is CCN(CC)c1nc(-c2cccc(NS(=O)(=O)c3c(F)cccc3F)c2F)c(-c2ccnc(NC)n2)s1.CCc1nccc(-c2sc(-c3cncc(F)c3)nc2-c2cc(C)cc(NS(=O)(=O)c3c(F)cccc3F)c2F)n1.Cc1ncc(-c2nc(-c3cccc(NS(=O)(=O)c4c(Cl)ccc(C)c4Cl)c3F)c(-c3ccnc(NCCO)n3)s2)cn1. The quantitative estimate of drug-likeness (QED) is 0.0289. The average molecular weight is 1780 g/mol. The number of anilines is 6. The number of nitrogens with one attached hydrogen (secondary N) is 5. The van der Waals surface area contributed by atoms with Crippen LogP contribution in [0.15, 0.2) is 179 Å². The van der Waals surface area contributed by atoms with Crippen molar-refractivity contribution in [3.8, 4) is 86.6 Å². The summed E-state index contributed by atoms with van der Waals surface area (Å²) in [4.78, 5) is 52.9. The molecule has 0 atom stereocenters. The molecule has 0 aliphatic carbocycles. The molecule has 0 saturated carbocycles. The van der Waals surface area contributed by atoms with Crippen LogP contribution in [-0.2, 0) is 36.5 Å². The van der Waals surface area contributed by atoms with Crippen molar-refractivity contribution in [2.75, 3.05) is 63.0 Å². The molecule has 6 N–H and O–H groups in total. The van der Waals surface area contributed by atoms with Gasteiger partial charge in [0.1, 0.15) is 55.6 Å². The van der Waals surface area contributed by atoms with Gasteiger partial charge in [-0.25, -0.2) is 115 Å². The topological polar surface area (TPSA) is 341 Å². The summed E-state index contributed by atoms with van der Waals surface area (Å²) in [6, 6.07) is 25.3. The van der Waals surface area contributed by atoms with E-state index >= 15 is 13.2 Å². The Morgan fingerprint density at radius 1 is 0.479 bits per heavy atom. The molecule has 41 heteroatoms. The van der Waals surface area contributed by atoms with Crippen molar-refractivity contribution in [3.63, 3.8) is 0 Å². The molecule has 0 fully saturated rings. The number of aliphatic hydroxyl groups excluding tert-OH is 1. The third-order valence-corrected chi connectivity index (χ3v) is 25.8.